The monoisotopic (exact) mass is 268 g/mol. The Balaban J connectivity index is 2.04. The summed E-state index contributed by atoms with van der Waals surface area (Å²) in [7, 11) is 0. The number of fused-ring (bicyclic) bond motifs is 1. The number of esters is 1. The first-order chi connectivity index (χ1) is 9.79. The zero-order valence-corrected chi connectivity index (χ0v) is 10.9. The third-order valence-corrected chi connectivity index (χ3v) is 2.87. The fraction of sp³-hybridized carbons (Fsp3) is 0.143. The summed E-state index contributed by atoms with van der Waals surface area (Å²) in [6.45, 7) is 2.09. The molecule has 0 amide bonds. The van der Waals surface area contributed by atoms with Crippen molar-refractivity contribution in [2.75, 3.05) is 6.61 Å². The van der Waals surface area contributed by atoms with Crippen LogP contribution in [0.25, 0.3) is 16.8 Å². The molecule has 0 aliphatic carbocycles. The Labute approximate surface area is 115 Å². The van der Waals surface area contributed by atoms with Crippen molar-refractivity contribution < 1.29 is 9.53 Å². The lowest BCUT2D eigenvalue weighted by Gasteiger charge is -2.02. The maximum Gasteiger partial charge on any atom is 0.343 e. The van der Waals surface area contributed by atoms with Gasteiger partial charge in [0.25, 0.3) is 0 Å². The molecule has 0 saturated carbocycles. The molecule has 6 heteroatoms. The highest BCUT2D eigenvalue weighted by atomic mass is 16.5. The van der Waals surface area contributed by atoms with Gasteiger partial charge in [-0.3, -0.25) is 4.98 Å². The number of hydrogen-bond acceptors (Lipinski definition) is 5. The molecule has 0 aliphatic heterocycles. The topological polar surface area (TPSA) is 69.4 Å². The van der Waals surface area contributed by atoms with Crippen LogP contribution in [0.1, 0.15) is 17.3 Å². The quantitative estimate of drug-likeness (QED) is 0.679. The van der Waals surface area contributed by atoms with Crippen LogP contribution in [-0.4, -0.2) is 32.2 Å². The van der Waals surface area contributed by atoms with Crippen molar-refractivity contribution >= 4 is 11.6 Å². The van der Waals surface area contributed by atoms with E-state index in [9.17, 15) is 4.79 Å². The van der Waals surface area contributed by atoms with Crippen LogP contribution in [0.2, 0.25) is 0 Å². The number of aromatic nitrogens is 4. The zero-order chi connectivity index (χ0) is 13.9. The molecule has 0 aromatic carbocycles. The van der Waals surface area contributed by atoms with Gasteiger partial charge in [-0.15, -0.1) is 0 Å². The largest absolute Gasteiger partial charge is 0.462 e. The SMILES string of the molecule is CCOC(=O)c1cnn2cc(-c3ccncc3)cnc12. The van der Waals surface area contributed by atoms with E-state index in [0.717, 1.165) is 11.1 Å². The van der Waals surface area contributed by atoms with E-state index < -0.39 is 5.97 Å². The normalized spacial score (nSPS) is 10.7. The van der Waals surface area contributed by atoms with E-state index in [4.69, 9.17) is 4.74 Å². The number of carbonyl (C=O) groups excluding carboxylic acids is 1. The second-order valence-corrected chi connectivity index (χ2v) is 4.13. The predicted octanol–water partition coefficient (Wildman–Crippen LogP) is 1.97. The molecule has 3 aromatic heterocycles. The number of hydrogen-bond donors (Lipinski definition) is 0. The molecule has 0 bridgehead atoms. The summed E-state index contributed by atoms with van der Waals surface area (Å²) in [4.78, 5) is 20.0. The van der Waals surface area contributed by atoms with E-state index in [2.05, 4.69) is 15.1 Å². The van der Waals surface area contributed by atoms with E-state index in [1.165, 1.54) is 6.20 Å². The predicted molar refractivity (Wildman–Crippen MR) is 72.2 cm³/mol. The molecule has 3 heterocycles. The molecule has 0 N–H and O–H groups in total. The van der Waals surface area contributed by atoms with Gasteiger partial charge >= 0.3 is 5.97 Å². The van der Waals surface area contributed by atoms with Gasteiger partial charge < -0.3 is 4.74 Å². The van der Waals surface area contributed by atoms with Crippen molar-refractivity contribution in [3.8, 4) is 11.1 Å². The average Bonchev–Trinajstić information content (AvgIpc) is 2.91. The van der Waals surface area contributed by atoms with Crippen molar-refractivity contribution in [1.29, 1.82) is 0 Å². The van der Waals surface area contributed by atoms with Gasteiger partial charge in [-0.2, -0.15) is 5.10 Å². The van der Waals surface area contributed by atoms with E-state index in [-0.39, 0.29) is 0 Å². The van der Waals surface area contributed by atoms with Gasteiger partial charge in [-0.25, -0.2) is 14.3 Å². The third-order valence-electron chi connectivity index (χ3n) is 2.87. The van der Waals surface area contributed by atoms with E-state index in [0.29, 0.717) is 17.8 Å². The molecular formula is C14H12N4O2. The second-order valence-electron chi connectivity index (χ2n) is 4.13. The lowest BCUT2D eigenvalue weighted by molar-refractivity contribution is 0.0528. The smallest absolute Gasteiger partial charge is 0.343 e. The van der Waals surface area contributed by atoms with Gasteiger partial charge in [0.2, 0.25) is 0 Å². The average molecular weight is 268 g/mol. The summed E-state index contributed by atoms with van der Waals surface area (Å²) in [5.41, 5.74) is 2.75. The fourth-order valence-electron chi connectivity index (χ4n) is 1.92. The first-order valence-electron chi connectivity index (χ1n) is 6.20. The molecule has 0 spiro atoms. The first-order valence-corrected chi connectivity index (χ1v) is 6.20. The standard InChI is InChI=1S/C14H12N4O2/c1-2-20-14(19)12-8-17-18-9-11(7-16-13(12)18)10-3-5-15-6-4-10/h3-9H,2H2,1H3. The van der Waals surface area contributed by atoms with Crippen molar-refractivity contribution in [3.63, 3.8) is 0 Å². The van der Waals surface area contributed by atoms with Gasteiger partial charge in [0.15, 0.2) is 5.65 Å². The maximum atomic E-state index is 11.8. The zero-order valence-electron chi connectivity index (χ0n) is 10.9. The van der Waals surface area contributed by atoms with Gasteiger partial charge in [0.1, 0.15) is 5.56 Å². The van der Waals surface area contributed by atoms with E-state index in [1.807, 2.05) is 18.3 Å². The highest BCUT2D eigenvalue weighted by molar-refractivity contribution is 5.95. The molecule has 0 radical (unpaired) electrons. The highest BCUT2D eigenvalue weighted by Gasteiger charge is 2.15. The number of rotatable bonds is 3. The molecule has 3 rings (SSSR count). The van der Waals surface area contributed by atoms with Crippen LogP contribution in [0, 0.1) is 0 Å². The Kier molecular flexibility index (Phi) is 3.12. The Morgan fingerprint density at radius 1 is 1.25 bits per heavy atom. The molecule has 20 heavy (non-hydrogen) atoms. The minimum atomic E-state index is -0.410. The van der Waals surface area contributed by atoms with Crippen LogP contribution >= 0.6 is 0 Å². The Bertz CT molecular complexity index is 752. The summed E-state index contributed by atoms with van der Waals surface area (Å²) >= 11 is 0. The van der Waals surface area contributed by atoms with Crippen LogP contribution in [0.3, 0.4) is 0 Å². The summed E-state index contributed by atoms with van der Waals surface area (Å²) in [5, 5.41) is 4.15. The maximum absolute atomic E-state index is 11.8. The summed E-state index contributed by atoms with van der Waals surface area (Å²) in [6, 6.07) is 3.78. The minimum Gasteiger partial charge on any atom is -0.462 e. The van der Waals surface area contributed by atoms with E-state index >= 15 is 0 Å². The second kappa shape index (κ2) is 5.08. The first kappa shape index (κ1) is 12.3. The van der Waals surface area contributed by atoms with Gasteiger partial charge in [-0.1, -0.05) is 0 Å². The molecule has 0 unspecified atom stereocenters. The number of carbonyl (C=O) groups is 1. The van der Waals surface area contributed by atoms with Crippen molar-refractivity contribution in [2.24, 2.45) is 0 Å². The Hall–Kier alpha value is -2.76. The van der Waals surface area contributed by atoms with E-state index in [1.54, 1.807) is 30.0 Å². The lowest BCUT2D eigenvalue weighted by Crippen LogP contribution is -2.04. The molecular weight excluding hydrogens is 256 g/mol. The summed E-state index contributed by atoms with van der Waals surface area (Å²) in [5.74, 6) is -0.410. The van der Waals surface area contributed by atoms with Gasteiger partial charge in [-0.05, 0) is 24.6 Å². The van der Waals surface area contributed by atoms with Crippen LogP contribution in [0.5, 0.6) is 0 Å². The Morgan fingerprint density at radius 2 is 2.05 bits per heavy atom. The molecule has 6 nitrogen and oxygen atoms in total. The molecule has 0 saturated heterocycles. The molecule has 0 aliphatic rings. The molecule has 0 atom stereocenters. The summed E-state index contributed by atoms with van der Waals surface area (Å²) in [6.07, 6.45) is 8.42. The third kappa shape index (κ3) is 2.11. The van der Waals surface area contributed by atoms with Crippen LogP contribution in [-0.2, 0) is 4.74 Å². The van der Waals surface area contributed by atoms with Gasteiger partial charge in [0.05, 0.1) is 12.8 Å². The van der Waals surface area contributed by atoms with Crippen molar-refractivity contribution in [3.05, 3.63) is 48.7 Å². The lowest BCUT2D eigenvalue weighted by atomic mass is 10.1. The molecule has 0 fully saturated rings. The fourth-order valence-corrected chi connectivity index (χ4v) is 1.92. The van der Waals surface area contributed by atoms with Crippen molar-refractivity contribution in [1.82, 2.24) is 19.6 Å². The molecule has 3 aromatic rings. The Morgan fingerprint density at radius 3 is 2.80 bits per heavy atom. The molecule has 100 valence electrons. The number of ether oxygens (including phenoxy) is 1. The van der Waals surface area contributed by atoms with Crippen molar-refractivity contribution in [2.45, 2.75) is 6.92 Å². The van der Waals surface area contributed by atoms with Crippen LogP contribution in [0.15, 0.2) is 43.1 Å². The highest BCUT2D eigenvalue weighted by Crippen LogP contribution is 2.18. The van der Waals surface area contributed by atoms with Crippen LogP contribution < -0.4 is 0 Å². The number of nitrogens with zero attached hydrogens (tertiary/aromatic N) is 4. The van der Waals surface area contributed by atoms with Gasteiger partial charge in [0, 0.05) is 30.4 Å². The minimum absolute atomic E-state index is 0.325. The summed E-state index contributed by atoms with van der Waals surface area (Å²) < 4.78 is 6.54. The van der Waals surface area contributed by atoms with Crippen LogP contribution in [0.4, 0.5) is 0 Å². The number of pyridine rings is 1.